The van der Waals surface area contributed by atoms with Crippen LogP contribution in [0.5, 0.6) is 0 Å². The van der Waals surface area contributed by atoms with Crippen molar-refractivity contribution in [3.05, 3.63) is 0 Å². The highest BCUT2D eigenvalue weighted by atomic mass is 35.5. The van der Waals surface area contributed by atoms with E-state index in [2.05, 4.69) is 0 Å². The average molecular weight is 119 g/mol. The van der Waals surface area contributed by atoms with E-state index in [-0.39, 0.29) is 0 Å². The first-order valence-corrected chi connectivity index (χ1v) is 1.85. The van der Waals surface area contributed by atoms with Crippen molar-refractivity contribution in [2.24, 2.45) is 0 Å². The first-order chi connectivity index (χ1) is 3.18. The van der Waals surface area contributed by atoms with Gasteiger partial charge in [-0.25, -0.2) is 0 Å². The fourth-order valence-corrected chi connectivity index (χ4v) is 0.111. The fourth-order valence-electron chi connectivity index (χ4n) is 0.0567. The van der Waals surface area contributed by atoms with Crippen LogP contribution in [0.3, 0.4) is 0 Å². The van der Waals surface area contributed by atoms with Gasteiger partial charge >= 0.3 is 0 Å². The van der Waals surface area contributed by atoms with Gasteiger partial charge in [0.15, 0.2) is 0 Å². The lowest BCUT2D eigenvalue weighted by Crippen LogP contribution is -2.04. The summed E-state index contributed by atoms with van der Waals surface area (Å²) < 4.78 is 0. The molecule has 4 heteroatoms. The molecule has 0 aromatic heterocycles. The highest BCUT2D eigenvalue weighted by Crippen LogP contribution is 1.77. The summed E-state index contributed by atoms with van der Waals surface area (Å²) in [4.78, 5) is 9.76. The molecule has 0 atom stereocenters. The van der Waals surface area contributed by atoms with E-state index in [1.165, 1.54) is 0 Å². The van der Waals surface area contributed by atoms with Crippen LogP contribution in [0.1, 0.15) is 0 Å². The number of hydrogen-bond donors (Lipinski definition) is 2. The van der Waals surface area contributed by atoms with Crippen molar-refractivity contribution in [1.82, 2.24) is 0 Å². The smallest absolute Gasteiger partial charge is 0.271 e. The largest absolute Gasteiger partial charge is 0.306 e. The van der Waals surface area contributed by atoms with E-state index in [9.17, 15) is 4.79 Å². The average Bonchev–Trinajstić information content (AvgIpc) is 1.65. The quantitative estimate of drug-likeness (QED) is 0.401. The van der Waals surface area contributed by atoms with E-state index in [4.69, 9.17) is 22.4 Å². The molecule has 0 aromatic rings. The molecule has 0 radical (unpaired) electrons. The second-order valence-corrected chi connectivity index (χ2v) is 1.18. The SMILES string of the molecule is N=CC(=N)C(=O)Cl. The minimum atomic E-state index is -0.894. The Kier molecular flexibility index (Phi) is 2.22. The van der Waals surface area contributed by atoms with Gasteiger partial charge < -0.3 is 5.41 Å². The van der Waals surface area contributed by atoms with Crippen molar-refractivity contribution in [1.29, 1.82) is 10.8 Å². The normalized spacial score (nSPS) is 7.57. The Bertz CT molecular complexity index is 120. The first-order valence-electron chi connectivity index (χ1n) is 1.47. The maximum atomic E-state index is 9.76. The highest BCUT2D eigenvalue weighted by molar-refractivity contribution is 6.88. The number of carbonyl (C=O) groups excluding carboxylic acids is 1. The van der Waals surface area contributed by atoms with Gasteiger partial charge in [-0.15, -0.1) is 0 Å². The van der Waals surface area contributed by atoms with Crippen LogP contribution < -0.4 is 0 Å². The maximum Gasteiger partial charge on any atom is 0.271 e. The van der Waals surface area contributed by atoms with Crippen molar-refractivity contribution < 1.29 is 4.79 Å². The molecule has 3 nitrogen and oxygen atoms in total. The lowest BCUT2D eigenvalue weighted by molar-refractivity contribution is -0.106. The van der Waals surface area contributed by atoms with Gasteiger partial charge in [-0.05, 0) is 11.6 Å². The molecular formula is C3H3ClN2O. The van der Waals surface area contributed by atoms with E-state index in [0.29, 0.717) is 6.21 Å². The number of rotatable bonds is 2. The first kappa shape index (κ1) is 6.30. The summed E-state index contributed by atoms with van der Waals surface area (Å²) in [6.45, 7) is 0. The zero-order valence-corrected chi connectivity index (χ0v) is 4.12. The number of halogens is 1. The van der Waals surface area contributed by atoms with E-state index < -0.39 is 11.0 Å². The number of nitrogens with one attached hydrogen (secondary N) is 2. The summed E-state index contributed by atoms with van der Waals surface area (Å²) in [5.74, 6) is 0. The summed E-state index contributed by atoms with van der Waals surface area (Å²) in [6, 6.07) is 0. The lowest BCUT2D eigenvalue weighted by Gasteiger charge is -1.77. The molecule has 0 aliphatic carbocycles. The Morgan fingerprint density at radius 2 is 2.14 bits per heavy atom. The van der Waals surface area contributed by atoms with Crippen molar-refractivity contribution >= 4 is 28.8 Å². The predicted molar refractivity (Wildman–Crippen MR) is 27.4 cm³/mol. The molecule has 0 aliphatic heterocycles. The molecule has 2 N–H and O–H groups in total. The Morgan fingerprint density at radius 1 is 1.71 bits per heavy atom. The van der Waals surface area contributed by atoms with E-state index in [1.54, 1.807) is 0 Å². The van der Waals surface area contributed by atoms with Gasteiger partial charge in [0.1, 0.15) is 5.71 Å². The topological polar surface area (TPSA) is 64.8 Å². The van der Waals surface area contributed by atoms with Gasteiger partial charge in [-0.2, -0.15) is 0 Å². The molecule has 0 fully saturated rings. The van der Waals surface area contributed by atoms with Gasteiger partial charge in [0.25, 0.3) is 5.24 Å². The van der Waals surface area contributed by atoms with Crippen molar-refractivity contribution in [3.63, 3.8) is 0 Å². The summed E-state index contributed by atoms with van der Waals surface area (Å²) in [6.07, 6.45) is 0.593. The molecule has 7 heavy (non-hydrogen) atoms. The maximum absolute atomic E-state index is 9.76. The summed E-state index contributed by atoms with van der Waals surface area (Å²) in [5, 5.41) is 11.9. The van der Waals surface area contributed by atoms with Crippen LogP contribution in [0.2, 0.25) is 0 Å². The molecule has 0 aromatic carbocycles. The molecule has 0 spiro atoms. The van der Waals surface area contributed by atoms with Gasteiger partial charge in [0, 0.05) is 6.21 Å². The van der Waals surface area contributed by atoms with E-state index in [1.807, 2.05) is 0 Å². The van der Waals surface area contributed by atoms with Crippen molar-refractivity contribution in [2.45, 2.75) is 0 Å². The minimum absolute atomic E-state index is 0.485. The zero-order valence-electron chi connectivity index (χ0n) is 3.36. The molecule has 0 rings (SSSR count). The fraction of sp³-hybridized carbons (Fsp3) is 0. The third-order valence-corrected chi connectivity index (χ3v) is 0.560. The van der Waals surface area contributed by atoms with Gasteiger partial charge in [0.2, 0.25) is 0 Å². The molecule has 0 bridgehead atoms. The second-order valence-electron chi connectivity index (χ2n) is 0.832. The molecular weight excluding hydrogens is 115 g/mol. The number of carbonyl (C=O) groups is 1. The molecule has 0 amide bonds. The third-order valence-electron chi connectivity index (χ3n) is 0.356. The van der Waals surface area contributed by atoms with Crippen LogP contribution in [0.25, 0.3) is 0 Å². The van der Waals surface area contributed by atoms with Crippen molar-refractivity contribution in [2.75, 3.05) is 0 Å². The molecule has 38 valence electrons. The van der Waals surface area contributed by atoms with Crippen LogP contribution in [0.4, 0.5) is 0 Å². The van der Waals surface area contributed by atoms with Crippen LogP contribution in [0, 0.1) is 10.8 Å². The van der Waals surface area contributed by atoms with Crippen LogP contribution in [0.15, 0.2) is 0 Å². The summed E-state index contributed by atoms with van der Waals surface area (Å²) in [7, 11) is 0. The Morgan fingerprint density at radius 3 is 2.14 bits per heavy atom. The number of hydrogen-bond acceptors (Lipinski definition) is 3. The third kappa shape index (κ3) is 2.05. The van der Waals surface area contributed by atoms with Gasteiger partial charge in [0.05, 0.1) is 0 Å². The summed E-state index contributed by atoms with van der Waals surface area (Å²) >= 11 is 4.71. The lowest BCUT2D eigenvalue weighted by atomic mass is 10.5. The Hall–Kier alpha value is -0.700. The van der Waals surface area contributed by atoms with Gasteiger partial charge in [-0.3, -0.25) is 10.2 Å². The van der Waals surface area contributed by atoms with Crippen LogP contribution >= 0.6 is 11.6 Å². The van der Waals surface area contributed by atoms with E-state index >= 15 is 0 Å². The van der Waals surface area contributed by atoms with Gasteiger partial charge in [-0.1, -0.05) is 0 Å². The Labute approximate surface area is 45.3 Å². The minimum Gasteiger partial charge on any atom is -0.306 e. The highest BCUT2D eigenvalue weighted by Gasteiger charge is 1.97. The van der Waals surface area contributed by atoms with E-state index in [0.717, 1.165) is 0 Å². The molecule has 0 unspecified atom stereocenters. The van der Waals surface area contributed by atoms with Crippen LogP contribution in [-0.4, -0.2) is 17.2 Å². The predicted octanol–water partition coefficient (Wildman–Crippen LogP) is 0.421. The zero-order chi connectivity index (χ0) is 5.86. The Balaban J connectivity index is 3.81. The monoisotopic (exact) mass is 118 g/mol. The molecule has 0 heterocycles. The van der Waals surface area contributed by atoms with Crippen LogP contribution in [-0.2, 0) is 4.79 Å². The second kappa shape index (κ2) is 2.47. The van der Waals surface area contributed by atoms with Crippen molar-refractivity contribution in [3.8, 4) is 0 Å². The standard InChI is InChI=1S/C3H3ClN2O/c4-3(7)2(6)1-5/h1,5-6H. The molecule has 0 saturated carbocycles. The molecule has 0 saturated heterocycles. The summed E-state index contributed by atoms with van der Waals surface area (Å²) in [5.41, 5.74) is -0.485. The molecule has 0 aliphatic rings.